The van der Waals surface area contributed by atoms with Crippen LogP contribution in [0.1, 0.15) is 49.7 Å². The molecule has 0 atom stereocenters. The topological polar surface area (TPSA) is 67.6 Å². The Morgan fingerprint density at radius 3 is 2.73 bits per heavy atom. The lowest BCUT2D eigenvalue weighted by Gasteiger charge is -2.40. The Morgan fingerprint density at radius 1 is 1.40 bits per heavy atom. The first kappa shape index (κ1) is 9.33. The number of rotatable bonds is 4. The summed E-state index contributed by atoms with van der Waals surface area (Å²) in [7, 11) is 0. The molecule has 0 aliphatic heterocycles. The third-order valence-electron chi connectivity index (χ3n) is 3.88. The van der Waals surface area contributed by atoms with Gasteiger partial charge >= 0.3 is 0 Å². The predicted molar refractivity (Wildman–Crippen MR) is 57.4 cm³/mol. The molecule has 1 aromatic rings. The smallest absolute Gasteiger partial charge is 0.153 e. The highest BCUT2D eigenvalue weighted by Gasteiger charge is 2.37. The van der Waals surface area contributed by atoms with Gasteiger partial charge in [0.1, 0.15) is 5.82 Å². The lowest BCUT2D eigenvalue weighted by molar-refractivity contribution is 0.141. The molecule has 0 aromatic carbocycles. The summed E-state index contributed by atoms with van der Waals surface area (Å²) in [5.74, 6) is 2.71. The Kier molecular flexibility index (Phi) is 2.06. The summed E-state index contributed by atoms with van der Waals surface area (Å²) in [6.45, 7) is 0.784. The third-order valence-corrected chi connectivity index (χ3v) is 3.88. The largest absolute Gasteiger partial charge is 0.330 e. The van der Waals surface area contributed by atoms with E-state index in [0.717, 1.165) is 24.6 Å². The van der Waals surface area contributed by atoms with Gasteiger partial charge in [0.2, 0.25) is 0 Å². The number of hydrogen-bond donors (Lipinski definition) is 2. The first-order chi connectivity index (χ1) is 7.31. The van der Waals surface area contributed by atoms with Gasteiger partial charge in [-0.05, 0) is 37.6 Å². The summed E-state index contributed by atoms with van der Waals surface area (Å²) in [5, 5.41) is 7.35. The van der Waals surface area contributed by atoms with Gasteiger partial charge in [0, 0.05) is 12.3 Å². The SMILES string of the molecule is NCC1(Cc2nc(C3CC3)n[nH]2)CCC1. The standard InChI is InChI=1S/C11H18N4/c12-7-11(4-1-5-11)6-9-13-10(15-14-9)8-2-3-8/h8H,1-7,12H2,(H,13,14,15). The molecular weight excluding hydrogens is 188 g/mol. The van der Waals surface area contributed by atoms with Crippen LogP contribution in [0.3, 0.4) is 0 Å². The number of aromatic amines is 1. The highest BCUT2D eigenvalue weighted by molar-refractivity contribution is 5.07. The number of nitrogens with zero attached hydrogens (tertiary/aromatic N) is 2. The highest BCUT2D eigenvalue weighted by Crippen LogP contribution is 2.43. The molecule has 3 N–H and O–H groups in total. The van der Waals surface area contributed by atoms with E-state index in [9.17, 15) is 0 Å². The van der Waals surface area contributed by atoms with E-state index in [2.05, 4.69) is 15.2 Å². The van der Waals surface area contributed by atoms with E-state index in [1.54, 1.807) is 0 Å². The van der Waals surface area contributed by atoms with E-state index in [1.165, 1.54) is 32.1 Å². The summed E-state index contributed by atoms with van der Waals surface area (Å²) in [5.41, 5.74) is 6.17. The molecule has 2 saturated carbocycles. The van der Waals surface area contributed by atoms with Crippen molar-refractivity contribution in [1.29, 1.82) is 0 Å². The second-order valence-electron chi connectivity index (χ2n) is 5.15. The maximum atomic E-state index is 5.83. The molecule has 0 spiro atoms. The van der Waals surface area contributed by atoms with Gasteiger partial charge in [-0.25, -0.2) is 4.98 Å². The van der Waals surface area contributed by atoms with Gasteiger partial charge in [-0.1, -0.05) is 6.42 Å². The van der Waals surface area contributed by atoms with Crippen molar-refractivity contribution in [3.63, 3.8) is 0 Å². The van der Waals surface area contributed by atoms with Crippen LogP contribution in [0, 0.1) is 5.41 Å². The molecule has 0 radical (unpaired) electrons. The Balaban J connectivity index is 1.70. The highest BCUT2D eigenvalue weighted by atomic mass is 15.2. The zero-order valence-electron chi connectivity index (χ0n) is 9.00. The maximum Gasteiger partial charge on any atom is 0.153 e. The van der Waals surface area contributed by atoms with Crippen molar-refractivity contribution in [1.82, 2.24) is 15.2 Å². The second-order valence-corrected chi connectivity index (χ2v) is 5.15. The van der Waals surface area contributed by atoms with Crippen molar-refractivity contribution < 1.29 is 0 Å². The Labute approximate surface area is 89.7 Å². The predicted octanol–water partition coefficient (Wildman–Crippen LogP) is 1.35. The van der Waals surface area contributed by atoms with Gasteiger partial charge in [0.25, 0.3) is 0 Å². The van der Waals surface area contributed by atoms with Crippen molar-refractivity contribution in [3.8, 4) is 0 Å². The number of nitrogens with one attached hydrogen (secondary N) is 1. The molecule has 3 rings (SSSR count). The summed E-state index contributed by atoms with van der Waals surface area (Å²) in [6.07, 6.45) is 7.34. The molecule has 15 heavy (non-hydrogen) atoms. The van der Waals surface area contributed by atoms with Gasteiger partial charge in [-0.3, -0.25) is 5.10 Å². The summed E-state index contributed by atoms with van der Waals surface area (Å²) < 4.78 is 0. The summed E-state index contributed by atoms with van der Waals surface area (Å²) >= 11 is 0. The van der Waals surface area contributed by atoms with Crippen LogP contribution in [0.15, 0.2) is 0 Å². The van der Waals surface area contributed by atoms with Gasteiger partial charge in [0.05, 0.1) is 0 Å². The molecule has 1 heterocycles. The first-order valence-corrected chi connectivity index (χ1v) is 5.93. The molecule has 2 aliphatic rings. The lowest BCUT2D eigenvalue weighted by Crippen LogP contribution is -2.39. The molecule has 0 bridgehead atoms. The molecule has 4 nitrogen and oxygen atoms in total. The van der Waals surface area contributed by atoms with E-state index >= 15 is 0 Å². The third kappa shape index (κ3) is 1.67. The second kappa shape index (κ2) is 3.30. The van der Waals surface area contributed by atoms with Gasteiger partial charge < -0.3 is 5.73 Å². The van der Waals surface area contributed by atoms with Gasteiger partial charge in [0.15, 0.2) is 5.82 Å². The Hall–Kier alpha value is -0.900. The average Bonchev–Trinajstić information content (AvgIpc) is 2.94. The quantitative estimate of drug-likeness (QED) is 0.781. The zero-order chi connectivity index (χ0) is 10.3. The van der Waals surface area contributed by atoms with Crippen LogP contribution < -0.4 is 5.73 Å². The fraction of sp³-hybridized carbons (Fsp3) is 0.818. The number of aromatic nitrogens is 3. The number of hydrogen-bond acceptors (Lipinski definition) is 3. The van der Waals surface area contributed by atoms with Crippen LogP contribution in [0.2, 0.25) is 0 Å². The van der Waals surface area contributed by atoms with Crippen LogP contribution in [-0.4, -0.2) is 21.7 Å². The van der Waals surface area contributed by atoms with Gasteiger partial charge in [-0.15, -0.1) is 0 Å². The maximum absolute atomic E-state index is 5.83. The minimum absolute atomic E-state index is 0.334. The van der Waals surface area contributed by atoms with Crippen molar-refractivity contribution in [2.24, 2.45) is 11.1 Å². The van der Waals surface area contributed by atoms with Crippen LogP contribution in [0.5, 0.6) is 0 Å². The molecule has 82 valence electrons. The number of nitrogens with two attached hydrogens (primary N) is 1. The summed E-state index contributed by atoms with van der Waals surface area (Å²) in [4.78, 5) is 4.56. The fourth-order valence-electron chi connectivity index (χ4n) is 2.40. The minimum Gasteiger partial charge on any atom is -0.330 e. The molecule has 0 saturated heterocycles. The zero-order valence-corrected chi connectivity index (χ0v) is 9.00. The van der Waals surface area contributed by atoms with Crippen molar-refractivity contribution in [3.05, 3.63) is 11.6 Å². The molecule has 0 unspecified atom stereocenters. The minimum atomic E-state index is 0.334. The van der Waals surface area contributed by atoms with Crippen LogP contribution in [0.4, 0.5) is 0 Å². The monoisotopic (exact) mass is 206 g/mol. The van der Waals surface area contributed by atoms with Crippen LogP contribution in [-0.2, 0) is 6.42 Å². The van der Waals surface area contributed by atoms with Crippen LogP contribution in [0.25, 0.3) is 0 Å². The molecule has 0 amide bonds. The van der Waals surface area contributed by atoms with E-state index < -0.39 is 0 Å². The normalized spacial score (nSPS) is 23.8. The van der Waals surface area contributed by atoms with Crippen molar-refractivity contribution in [2.75, 3.05) is 6.54 Å². The molecular formula is C11H18N4. The van der Waals surface area contributed by atoms with Crippen LogP contribution >= 0.6 is 0 Å². The Morgan fingerprint density at radius 2 is 2.20 bits per heavy atom. The average molecular weight is 206 g/mol. The van der Waals surface area contributed by atoms with E-state index in [0.29, 0.717) is 11.3 Å². The van der Waals surface area contributed by atoms with Gasteiger partial charge in [-0.2, -0.15) is 5.10 Å². The van der Waals surface area contributed by atoms with Crippen molar-refractivity contribution in [2.45, 2.75) is 44.4 Å². The van der Waals surface area contributed by atoms with E-state index in [1.807, 2.05) is 0 Å². The van der Waals surface area contributed by atoms with Crippen molar-refractivity contribution >= 4 is 0 Å². The lowest BCUT2D eigenvalue weighted by atomic mass is 9.66. The van der Waals surface area contributed by atoms with E-state index in [4.69, 9.17) is 5.73 Å². The molecule has 2 aliphatic carbocycles. The number of H-pyrrole nitrogens is 1. The molecule has 1 aromatic heterocycles. The first-order valence-electron chi connectivity index (χ1n) is 5.93. The summed E-state index contributed by atoms with van der Waals surface area (Å²) in [6, 6.07) is 0. The Bertz CT molecular complexity index is 344. The van der Waals surface area contributed by atoms with E-state index in [-0.39, 0.29) is 0 Å². The fourth-order valence-corrected chi connectivity index (χ4v) is 2.40. The molecule has 2 fully saturated rings. The molecule has 4 heteroatoms.